The number of nitrogens with zero attached hydrogens (tertiary/aromatic N) is 3. The Hall–Kier alpha value is -2.89. The van der Waals surface area contributed by atoms with Gasteiger partial charge in [0.2, 0.25) is 11.9 Å². The summed E-state index contributed by atoms with van der Waals surface area (Å²) in [6, 6.07) is 9.79. The van der Waals surface area contributed by atoms with Crippen LogP contribution in [-0.2, 0) is 4.79 Å². The molecule has 0 spiro atoms. The molecule has 1 aliphatic heterocycles. The van der Waals surface area contributed by atoms with Crippen molar-refractivity contribution in [3.05, 3.63) is 49.2 Å². The molecule has 1 fully saturated rings. The van der Waals surface area contributed by atoms with Crippen LogP contribution in [0, 0.1) is 0 Å². The van der Waals surface area contributed by atoms with Crippen LogP contribution in [0.5, 0.6) is 0 Å². The first kappa shape index (κ1) is 24.2. The molecule has 1 aliphatic rings. The number of hydrogen-bond donors (Lipinski definition) is 5. The number of hydrogen-bond acceptors (Lipinski definition) is 9. The van der Waals surface area contributed by atoms with Crippen LogP contribution in [0.3, 0.4) is 0 Å². The van der Waals surface area contributed by atoms with Gasteiger partial charge in [0.15, 0.2) is 6.35 Å². The average molecular weight is 483 g/mol. The Morgan fingerprint density at radius 3 is 2.88 bits per heavy atom. The number of nitrogens with one attached hydrogen (secondary N) is 3. The molecule has 9 nitrogen and oxygen atoms in total. The lowest BCUT2D eigenvalue weighted by Crippen LogP contribution is -2.49. The van der Waals surface area contributed by atoms with E-state index in [1.165, 1.54) is 0 Å². The van der Waals surface area contributed by atoms with Crippen LogP contribution in [0.1, 0.15) is 26.7 Å². The van der Waals surface area contributed by atoms with Gasteiger partial charge in [-0.3, -0.25) is 15.0 Å². The smallest absolute Gasteiger partial charge is 0.224 e. The normalized spacial score (nSPS) is 19.9. The van der Waals surface area contributed by atoms with Crippen molar-refractivity contribution in [2.45, 2.75) is 44.8 Å². The maximum atomic E-state index is 12.0. The summed E-state index contributed by atoms with van der Waals surface area (Å²) in [6.45, 7) is 8.39. The Balaban J connectivity index is 1.42. The number of rotatable bonds is 9. The van der Waals surface area contributed by atoms with E-state index in [1.807, 2.05) is 38.1 Å². The summed E-state index contributed by atoms with van der Waals surface area (Å²) in [5.41, 5.74) is 0.974. The molecule has 3 heterocycles. The molecule has 2 unspecified atom stereocenters. The molecule has 10 heteroatoms. The maximum absolute atomic E-state index is 12.0. The lowest BCUT2D eigenvalue weighted by atomic mass is 10.0. The molecule has 5 N–H and O–H groups in total. The number of benzene rings is 1. The SMILES string of the molecule is C=CCCC(=O)Nc1ccc2sc(-c3ccnc(NCCN4C(O)NC(O)C4(C)C)n3)cc2c1. The monoisotopic (exact) mass is 482 g/mol. The highest BCUT2D eigenvalue weighted by molar-refractivity contribution is 7.22. The molecule has 0 radical (unpaired) electrons. The van der Waals surface area contributed by atoms with Gasteiger partial charge in [-0.2, -0.15) is 0 Å². The minimum Gasteiger partial charge on any atom is -0.377 e. The van der Waals surface area contributed by atoms with Gasteiger partial charge >= 0.3 is 0 Å². The minimum atomic E-state index is -0.908. The molecule has 2 atom stereocenters. The minimum absolute atomic E-state index is 0.0312. The first-order chi connectivity index (χ1) is 16.3. The van der Waals surface area contributed by atoms with Gasteiger partial charge in [-0.05, 0) is 56.0 Å². The van der Waals surface area contributed by atoms with Gasteiger partial charge < -0.3 is 20.8 Å². The Morgan fingerprint density at radius 1 is 1.32 bits per heavy atom. The lowest BCUT2D eigenvalue weighted by molar-refractivity contribution is -0.116. The number of allylic oxidation sites excluding steroid dienone is 1. The van der Waals surface area contributed by atoms with Gasteiger partial charge in [-0.1, -0.05) is 6.08 Å². The highest BCUT2D eigenvalue weighted by atomic mass is 32.1. The number of carbonyl (C=O) groups is 1. The fraction of sp³-hybridized carbons (Fsp3) is 0.375. The summed E-state index contributed by atoms with van der Waals surface area (Å²) >= 11 is 1.62. The van der Waals surface area contributed by atoms with Crippen molar-refractivity contribution in [1.82, 2.24) is 20.2 Å². The first-order valence-corrected chi connectivity index (χ1v) is 12.0. The van der Waals surface area contributed by atoms with Crippen molar-refractivity contribution in [1.29, 1.82) is 0 Å². The standard InChI is InChI=1S/C24H30N6O3S/c1-4-5-6-20(31)27-16-7-8-18-15(13-16)14-19(34-18)17-9-10-25-22(28-17)26-11-12-30-23(33)29-21(32)24(30,2)3/h4,7-10,13-14,21,23,29,32-33H,1,5-6,11-12H2,2-3H3,(H,27,31)(H,25,26,28). The van der Waals surface area contributed by atoms with Crippen LogP contribution in [-0.4, -0.2) is 62.2 Å². The van der Waals surface area contributed by atoms with Crippen molar-refractivity contribution in [3.8, 4) is 10.6 Å². The van der Waals surface area contributed by atoms with Gasteiger partial charge in [0.05, 0.1) is 16.1 Å². The second kappa shape index (κ2) is 10.2. The third-order valence-corrected chi connectivity index (χ3v) is 7.07. The zero-order valence-corrected chi connectivity index (χ0v) is 20.1. The molecular formula is C24H30N6O3S. The van der Waals surface area contributed by atoms with Crippen molar-refractivity contribution in [2.24, 2.45) is 0 Å². The second-order valence-electron chi connectivity index (χ2n) is 8.72. The van der Waals surface area contributed by atoms with Crippen molar-refractivity contribution in [2.75, 3.05) is 23.7 Å². The van der Waals surface area contributed by atoms with E-state index in [0.717, 1.165) is 26.3 Å². The zero-order valence-electron chi connectivity index (χ0n) is 19.3. The first-order valence-electron chi connectivity index (χ1n) is 11.2. The molecule has 0 bridgehead atoms. The quantitative estimate of drug-likeness (QED) is 0.295. The van der Waals surface area contributed by atoms with E-state index in [1.54, 1.807) is 28.5 Å². The number of anilines is 2. The topological polar surface area (TPSA) is 123 Å². The summed E-state index contributed by atoms with van der Waals surface area (Å²) in [4.78, 5) is 23.7. The van der Waals surface area contributed by atoms with E-state index < -0.39 is 18.1 Å². The van der Waals surface area contributed by atoms with Gasteiger partial charge in [0.25, 0.3) is 0 Å². The molecule has 4 rings (SSSR count). The Kier molecular flexibility index (Phi) is 7.24. The molecule has 0 aliphatic carbocycles. The van der Waals surface area contributed by atoms with E-state index in [0.29, 0.717) is 31.9 Å². The zero-order chi connectivity index (χ0) is 24.3. The molecule has 1 amide bonds. The van der Waals surface area contributed by atoms with Crippen molar-refractivity contribution in [3.63, 3.8) is 0 Å². The number of carbonyl (C=O) groups excluding carboxylic acids is 1. The van der Waals surface area contributed by atoms with E-state index >= 15 is 0 Å². The predicted octanol–water partition coefficient (Wildman–Crippen LogP) is 2.95. The van der Waals surface area contributed by atoms with Crippen LogP contribution in [0.2, 0.25) is 0 Å². The van der Waals surface area contributed by atoms with Gasteiger partial charge in [-0.25, -0.2) is 9.97 Å². The highest BCUT2D eigenvalue weighted by Gasteiger charge is 2.45. The number of amides is 1. The van der Waals surface area contributed by atoms with E-state index in [9.17, 15) is 15.0 Å². The van der Waals surface area contributed by atoms with Crippen LogP contribution in [0.4, 0.5) is 11.6 Å². The van der Waals surface area contributed by atoms with Gasteiger partial charge in [0.1, 0.15) is 6.23 Å². The molecule has 34 heavy (non-hydrogen) atoms. The fourth-order valence-electron chi connectivity index (χ4n) is 3.89. The Morgan fingerprint density at radius 2 is 2.15 bits per heavy atom. The van der Waals surface area contributed by atoms with Gasteiger partial charge in [0, 0.05) is 36.1 Å². The maximum Gasteiger partial charge on any atom is 0.224 e. The van der Waals surface area contributed by atoms with Crippen molar-refractivity contribution >= 4 is 39.0 Å². The predicted molar refractivity (Wildman–Crippen MR) is 135 cm³/mol. The lowest BCUT2D eigenvalue weighted by Gasteiger charge is -2.33. The molecule has 180 valence electrons. The van der Waals surface area contributed by atoms with Crippen LogP contribution < -0.4 is 16.0 Å². The van der Waals surface area contributed by atoms with Crippen LogP contribution in [0.25, 0.3) is 20.7 Å². The van der Waals surface area contributed by atoms with Crippen molar-refractivity contribution < 1.29 is 15.0 Å². The molecule has 3 aromatic rings. The van der Waals surface area contributed by atoms with E-state index in [-0.39, 0.29) is 5.91 Å². The molecule has 0 saturated carbocycles. The number of thiophene rings is 1. The second-order valence-corrected chi connectivity index (χ2v) is 9.80. The average Bonchev–Trinajstić information content (AvgIpc) is 3.31. The third kappa shape index (κ3) is 5.26. The number of aliphatic hydroxyl groups is 2. The summed E-state index contributed by atoms with van der Waals surface area (Å²) in [7, 11) is 0. The summed E-state index contributed by atoms with van der Waals surface area (Å²) in [5, 5.41) is 30.1. The fourth-order valence-corrected chi connectivity index (χ4v) is 4.90. The number of aliphatic hydroxyl groups excluding tert-OH is 2. The van der Waals surface area contributed by atoms with E-state index in [2.05, 4.69) is 38.6 Å². The number of aromatic nitrogens is 2. The summed E-state index contributed by atoms with van der Waals surface area (Å²) < 4.78 is 1.10. The Labute approximate surface area is 202 Å². The molecular weight excluding hydrogens is 452 g/mol. The third-order valence-electron chi connectivity index (χ3n) is 5.93. The Bertz CT molecular complexity index is 1180. The largest absolute Gasteiger partial charge is 0.377 e. The molecule has 2 aromatic heterocycles. The molecule has 1 aromatic carbocycles. The molecule has 1 saturated heterocycles. The van der Waals surface area contributed by atoms with E-state index in [4.69, 9.17) is 0 Å². The van der Waals surface area contributed by atoms with Crippen LogP contribution in [0.15, 0.2) is 49.2 Å². The van der Waals surface area contributed by atoms with Gasteiger partial charge in [-0.15, -0.1) is 17.9 Å². The highest BCUT2D eigenvalue weighted by Crippen LogP contribution is 2.34. The van der Waals surface area contributed by atoms with Crippen LogP contribution >= 0.6 is 11.3 Å². The summed E-state index contributed by atoms with van der Waals surface area (Å²) in [5.74, 6) is 0.460. The summed E-state index contributed by atoms with van der Waals surface area (Å²) in [6.07, 6.45) is 2.79. The number of fused-ring (bicyclic) bond motifs is 1.